The van der Waals surface area contributed by atoms with E-state index in [0.29, 0.717) is 0 Å². The predicted molar refractivity (Wildman–Crippen MR) is 77.3 cm³/mol. The number of benzene rings is 1. The highest BCUT2D eigenvalue weighted by atomic mass is 32.1. The highest BCUT2D eigenvalue weighted by Crippen LogP contribution is 2.25. The molecule has 0 saturated carbocycles. The van der Waals surface area contributed by atoms with Crippen LogP contribution in [0.1, 0.15) is 18.9 Å². The van der Waals surface area contributed by atoms with Crippen LogP contribution >= 0.6 is 11.3 Å². The molecule has 18 heavy (non-hydrogen) atoms. The standard InChI is InChI=1S/C14H20N2OS/c1-14(2,17-4)12(15-3)9-13-16-10-7-5-6-8-11(10)18-13/h5-8,12,15H,9H2,1-4H3. The van der Waals surface area contributed by atoms with Crippen molar-refractivity contribution in [2.45, 2.75) is 31.9 Å². The number of ether oxygens (including phenoxy) is 1. The molecule has 0 fully saturated rings. The van der Waals surface area contributed by atoms with E-state index in [-0.39, 0.29) is 11.6 Å². The molecule has 0 saturated heterocycles. The first kappa shape index (κ1) is 13.5. The lowest BCUT2D eigenvalue weighted by atomic mass is 9.96. The summed E-state index contributed by atoms with van der Waals surface area (Å²) in [5, 5.41) is 4.48. The summed E-state index contributed by atoms with van der Waals surface area (Å²) >= 11 is 1.76. The second-order valence-electron chi connectivity index (χ2n) is 4.93. The molecule has 1 unspecified atom stereocenters. The molecule has 3 nitrogen and oxygen atoms in total. The van der Waals surface area contributed by atoms with Crippen molar-refractivity contribution in [2.24, 2.45) is 0 Å². The van der Waals surface area contributed by atoms with Crippen LogP contribution in [0.15, 0.2) is 24.3 Å². The van der Waals surface area contributed by atoms with Crippen molar-refractivity contribution < 1.29 is 4.74 Å². The molecule has 0 bridgehead atoms. The third-order valence-electron chi connectivity index (χ3n) is 3.43. The van der Waals surface area contributed by atoms with E-state index in [0.717, 1.165) is 16.9 Å². The van der Waals surface area contributed by atoms with Gasteiger partial charge in [-0.1, -0.05) is 12.1 Å². The van der Waals surface area contributed by atoms with Crippen molar-refractivity contribution in [3.8, 4) is 0 Å². The van der Waals surface area contributed by atoms with E-state index >= 15 is 0 Å². The highest BCUT2D eigenvalue weighted by Gasteiger charge is 2.28. The molecule has 0 amide bonds. The van der Waals surface area contributed by atoms with E-state index in [1.807, 2.05) is 13.1 Å². The smallest absolute Gasteiger partial charge is 0.0955 e. The van der Waals surface area contributed by atoms with Gasteiger partial charge in [0.2, 0.25) is 0 Å². The summed E-state index contributed by atoms with van der Waals surface area (Å²) in [6.07, 6.45) is 0.886. The van der Waals surface area contributed by atoms with Crippen LogP contribution < -0.4 is 5.32 Å². The Kier molecular flexibility index (Phi) is 4.00. The summed E-state index contributed by atoms with van der Waals surface area (Å²) in [5.41, 5.74) is 0.884. The minimum Gasteiger partial charge on any atom is -0.377 e. The number of hydrogen-bond acceptors (Lipinski definition) is 4. The van der Waals surface area contributed by atoms with Gasteiger partial charge in [-0.15, -0.1) is 11.3 Å². The second kappa shape index (κ2) is 5.34. The van der Waals surface area contributed by atoms with Crippen LogP contribution in [-0.4, -0.2) is 30.8 Å². The maximum atomic E-state index is 5.55. The molecule has 1 aromatic carbocycles. The number of aromatic nitrogens is 1. The van der Waals surface area contributed by atoms with Gasteiger partial charge in [-0.2, -0.15) is 0 Å². The number of nitrogens with zero attached hydrogens (tertiary/aromatic N) is 1. The summed E-state index contributed by atoms with van der Waals surface area (Å²) in [6, 6.07) is 8.51. The fourth-order valence-corrected chi connectivity index (χ4v) is 3.03. The molecule has 4 heteroatoms. The predicted octanol–water partition coefficient (Wildman–Crippen LogP) is 2.85. The molecule has 1 N–H and O–H groups in total. The first-order chi connectivity index (χ1) is 8.56. The van der Waals surface area contributed by atoms with Gasteiger partial charge in [-0.3, -0.25) is 0 Å². The van der Waals surface area contributed by atoms with Gasteiger partial charge in [0.05, 0.1) is 20.8 Å². The zero-order valence-corrected chi connectivity index (χ0v) is 12.2. The molecule has 1 aromatic heterocycles. The number of nitrogens with one attached hydrogen (secondary N) is 1. The van der Waals surface area contributed by atoms with Crippen molar-refractivity contribution in [2.75, 3.05) is 14.2 Å². The number of methoxy groups -OCH3 is 1. The molecule has 2 rings (SSSR count). The molecule has 0 radical (unpaired) electrons. The topological polar surface area (TPSA) is 34.2 Å². The Balaban J connectivity index is 2.21. The Labute approximate surface area is 112 Å². The normalized spacial score (nSPS) is 14.0. The molecular formula is C14H20N2OS. The average Bonchev–Trinajstić information content (AvgIpc) is 2.78. The fourth-order valence-electron chi connectivity index (χ4n) is 2.02. The molecular weight excluding hydrogens is 244 g/mol. The fraction of sp³-hybridized carbons (Fsp3) is 0.500. The Bertz CT molecular complexity index is 488. The zero-order valence-electron chi connectivity index (χ0n) is 11.4. The lowest BCUT2D eigenvalue weighted by Crippen LogP contribution is -2.47. The van der Waals surface area contributed by atoms with Gasteiger partial charge in [0.1, 0.15) is 0 Å². The van der Waals surface area contributed by atoms with E-state index in [1.54, 1.807) is 18.4 Å². The molecule has 0 aliphatic heterocycles. The van der Waals surface area contributed by atoms with Gasteiger partial charge in [-0.25, -0.2) is 4.98 Å². The van der Waals surface area contributed by atoms with Crippen LogP contribution in [0.3, 0.4) is 0 Å². The first-order valence-corrected chi connectivity index (χ1v) is 6.95. The number of hydrogen-bond donors (Lipinski definition) is 1. The van der Waals surface area contributed by atoms with Crippen LogP contribution in [0, 0.1) is 0 Å². The Morgan fingerprint density at radius 2 is 2.11 bits per heavy atom. The van der Waals surface area contributed by atoms with Crippen LogP contribution in [0.5, 0.6) is 0 Å². The number of fused-ring (bicyclic) bond motifs is 1. The highest BCUT2D eigenvalue weighted by molar-refractivity contribution is 7.18. The summed E-state index contributed by atoms with van der Waals surface area (Å²) in [7, 11) is 3.72. The van der Waals surface area contributed by atoms with Crippen LogP contribution in [0.4, 0.5) is 0 Å². The van der Waals surface area contributed by atoms with Gasteiger partial charge in [-0.05, 0) is 33.0 Å². The van der Waals surface area contributed by atoms with Crippen LogP contribution in [0.2, 0.25) is 0 Å². The third-order valence-corrected chi connectivity index (χ3v) is 4.49. The lowest BCUT2D eigenvalue weighted by Gasteiger charge is -2.32. The van der Waals surface area contributed by atoms with Gasteiger partial charge < -0.3 is 10.1 Å². The summed E-state index contributed by atoms with van der Waals surface area (Å²) in [5.74, 6) is 0. The van der Waals surface area contributed by atoms with Crippen molar-refractivity contribution in [1.29, 1.82) is 0 Å². The van der Waals surface area contributed by atoms with E-state index in [9.17, 15) is 0 Å². The number of thiazole rings is 1. The molecule has 0 aliphatic carbocycles. The van der Waals surface area contributed by atoms with E-state index in [2.05, 4.69) is 42.3 Å². The lowest BCUT2D eigenvalue weighted by molar-refractivity contribution is -0.00797. The van der Waals surface area contributed by atoms with E-state index in [1.165, 1.54) is 4.70 Å². The molecule has 1 atom stereocenters. The number of para-hydroxylation sites is 1. The zero-order chi connectivity index (χ0) is 13.2. The average molecular weight is 264 g/mol. The maximum Gasteiger partial charge on any atom is 0.0955 e. The largest absolute Gasteiger partial charge is 0.377 e. The van der Waals surface area contributed by atoms with Crippen molar-refractivity contribution >= 4 is 21.6 Å². The number of rotatable bonds is 5. The molecule has 0 aliphatic rings. The summed E-state index contributed by atoms with van der Waals surface area (Å²) in [4.78, 5) is 4.67. The second-order valence-corrected chi connectivity index (χ2v) is 6.04. The van der Waals surface area contributed by atoms with Crippen LogP contribution in [-0.2, 0) is 11.2 Å². The monoisotopic (exact) mass is 264 g/mol. The van der Waals surface area contributed by atoms with Gasteiger partial charge in [0.15, 0.2) is 0 Å². The summed E-state index contributed by atoms with van der Waals surface area (Å²) < 4.78 is 6.80. The van der Waals surface area contributed by atoms with Gasteiger partial charge in [0, 0.05) is 19.6 Å². The first-order valence-electron chi connectivity index (χ1n) is 6.13. The number of likely N-dealkylation sites (N-methyl/N-ethyl adjacent to an activating group) is 1. The SMILES string of the molecule is CNC(Cc1nc2ccccc2s1)C(C)(C)OC. The molecule has 2 aromatic rings. The quantitative estimate of drug-likeness (QED) is 0.901. The van der Waals surface area contributed by atoms with E-state index in [4.69, 9.17) is 4.74 Å². The third kappa shape index (κ3) is 2.71. The van der Waals surface area contributed by atoms with E-state index < -0.39 is 0 Å². The minimum absolute atomic E-state index is 0.202. The Hall–Kier alpha value is -0.970. The van der Waals surface area contributed by atoms with Gasteiger partial charge in [0.25, 0.3) is 0 Å². The molecule has 98 valence electrons. The van der Waals surface area contributed by atoms with Crippen molar-refractivity contribution in [1.82, 2.24) is 10.3 Å². The Morgan fingerprint density at radius 1 is 1.39 bits per heavy atom. The summed E-state index contributed by atoms with van der Waals surface area (Å²) in [6.45, 7) is 4.20. The van der Waals surface area contributed by atoms with Crippen molar-refractivity contribution in [3.05, 3.63) is 29.3 Å². The minimum atomic E-state index is -0.202. The Morgan fingerprint density at radius 3 is 2.72 bits per heavy atom. The van der Waals surface area contributed by atoms with Gasteiger partial charge >= 0.3 is 0 Å². The van der Waals surface area contributed by atoms with Crippen molar-refractivity contribution in [3.63, 3.8) is 0 Å². The van der Waals surface area contributed by atoms with Crippen LogP contribution in [0.25, 0.3) is 10.2 Å². The maximum absolute atomic E-state index is 5.55. The molecule has 0 spiro atoms. The molecule has 1 heterocycles.